The highest BCUT2D eigenvalue weighted by Gasteiger charge is 2.19. The molecule has 1 N–H and O–H groups in total. The van der Waals surface area contributed by atoms with E-state index in [0.29, 0.717) is 12.4 Å². The smallest absolute Gasteiger partial charge is 0.294 e. The maximum Gasteiger partial charge on any atom is 0.294 e. The number of nitrogens with zero attached hydrogens (tertiary/aromatic N) is 1. The number of methoxy groups -OCH3 is 1. The van der Waals surface area contributed by atoms with Gasteiger partial charge in [-0.15, -0.1) is 0 Å². The van der Waals surface area contributed by atoms with Crippen LogP contribution in [0.2, 0.25) is 0 Å². The summed E-state index contributed by atoms with van der Waals surface area (Å²) in [6, 6.07) is 5.89. The van der Waals surface area contributed by atoms with E-state index < -0.39 is 5.43 Å². The van der Waals surface area contributed by atoms with Crippen LogP contribution in [0.3, 0.4) is 0 Å². The van der Waals surface area contributed by atoms with Gasteiger partial charge in [0, 0.05) is 18.5 Å². The Morgan fingerprint density at radius 1 is 1.25 bits per heavy atom. The van der Waals surface area contributed by atoms with Gasteiger partial charge in [0.2, 0.25) is 11.2 Å². The van der Waals surface area contributed by atoms with E-state index in [2.05, 4.69) is 4.98 Å². The molecule has 0 spiro atoms. The molecule has 0 bridgehead atoms. The maximum absolute atomic E-state index is 12.3. The van der Waals surface area contributed by atoms with Gasteiger partial charge >= 0.3 is 0 Å². The van der Waals surface area contributed by atoms with Crippen LogP contribution in [0.1, 0.15) is 6.92 Å². The molecule has 3 rings (SSSR count). The van der Waals surface area contributed by atoms with Crippen molar-refractivity contribution < 1.29 is 23.7 Å². The number of aromatic hydroxyl groups is 1. The number of phenols is 1. The molecule has 0 fully saturated rings. The van der Waals surface area contributed by atoms with E-state index in [9.17, 15) is 9.90 Å². The highest BCUT2D eigenvalue weighted by atomic mass is 16.6. The SMILES string of the molecule is CCOc1cc2oc(Oc3ccncc3)cc(=O)c2c(O)c1OC. The van der Waals surface area contributed by atoms with E-state index >= 15 is 0 Å². The third-order valence-corrected chi connectivity index (χ3v) is 3.26. The molecule has 0 unspecified atom stereocenters. The van der Waals surface area contributed by atoms with Crippen molar-refractivity contribution >= 4 is 11.0 Å². The van der Waals surface area contributed by atoms with Crippen LogP contribution in [0.15, 0.2) is 45.9 Å². The lowest BCUT2D eigenvalue weighted by molar-refractivity contribution is 0.300. The number of fused-ring (bicyclic) bond motifs is 1. The first-order valence-corrected chi connectivity index (χ1v) is 7.22. The van der Waals surface area contributed by atoms with Gasteiger partial charge in [0.25, 0.3) is 5.95 Å². The second-order valence-electron chi connectivity index (χ2n) is 4.78. The Balaban J connectivity index is 2.15. The maximum atomic E-state index is 12.3. The summed E-state index contributed by atoms with van der Waals surface area (Å²) in [5.41, 5.74) is -0.326. The zero-order valence-electron chi connectivity index (χ0n) is 13.1. The second kappa shape index (κ2) is 6.49. The Labute approximate surface area is 137 Å². The Kier molecular flexibility index (Phi) is 4.24. The molecular formula is C17H15NO6. The summed E-state index contributed by atoms with van der Waals surface area (Å²) >= 11 is 0. The molecule has 0 saturated carbocycles. The standard InChI is InChI=1S/C17H15NO6/c1-3-22-13-9-12-15(16(20)17(13)21-2)11(19)8-14(24-12)23-10-4-6-18-7-5-10/h4-9,20H,3H2,1-2H3. The van der Waals surface area contributed by atoms with E-state index in [0.717, 1.165) is 6.07 Å². The monoisotopic (exact) mass is 329 g/mol. The van der Waals surface area contributed by atoms with Gasteiger partial charge in [-0.1, -0.05) is 0 Å². The molecule has 0 aliphatic heterocycles. The third kappa shape index (κ3) is 2.83. The van der Waals surface area contributed by atoms with Gasteiger partial charge in [-0.2, -0.15) is 0 Å². The first-order chi connectivity index (χ1) is 11.6. The highest BCUT2D eigenvalue weighted by Crippen LogP contribution is 2.42. The van der Waals surface area contributed by atoms with Crippen LogP contribution in [0.25, 0.3) is 11.0 Å². The summed E-state index contributed by atoms with van der Waals surface area (Å²) in [6.45, 7) is 2.15. The predicted molar refractivity (Wildman–Crippen MR) is 86.2 cm³/mol. The lowest BCUT2D eigenvalue weighted by Gasteiger charge is -2.13. The van der Waals surface area contributed by atoms with Crippen molar-refractivity contribution in [2.45, 2.75) is 6.92 Å². The number of pyridine rings is 1. The molecule has 2 heterocycles. The number of ether oxygens (including phenoxy) is 3. The van der Waals surface area contributed by atoms with Crippen molar-refractivity contribution in [3.05, 3.63) is 46.9 Å². The molecule has 0 atom stereocenters. The summed E-state index contributed by atoms with van der Waals surface area (Å²) in [7, 11) is 1.38. The molecule has 0 aliphatic carbocycles. The minimum Gasteiger partial charge on any atom is -0.504 e. The molecule has 7 heteroatoms. The lowest BCUT2D eigenvalue weighted by atomic mass is 10.2. The normalized spacial score (nSPS) is 10.6. The average molecular weight is 329 g/mol. The minimum atomic E-state index is -0.459. The van der Waals surface area contributed by atoms with Gasteiger partial charge in [-0.3, -0.25) is 9.78 Å². The molecule has 7 nitrogen and oxygen atoms in total. The average Bonchev–Trinajstić information content (AvgIpc) is 2.56. The Morgan fingerprint density at radius 2 is 2.00 bits per heavy atom. The number of phenolic OH excluding ortho intramolecular Hbond substituents is 1. The third-order valence-electron chi connectivity index (χ3n) is 3.26. The van der Waals surface area contributed by atoms with Crippen LogP contribution in [-0.4, -0.2) is 23.8 Å². The topological polar surface area (TPSA) is 91.0 Å². The van der Waals surface area contributed by atoms with E-state index in [4.69, 9.17) is 18.6 Å². The zero-order valence-corrected chi connectivity index (χ0v) is 13.1. The summed E-state index contributed by atoms with van der Waals surface area (Å²) in [5, 5.41) is 10.3. The molecule has 124 valence electrons. The van der Waals surface area contributed by atoms with Gasteiger partial charge in [0.1, 0.15) is 16.7 Å². The van der Waals surface area contributed by atoms with E-state index in [1.54, 1.807) is 31.5 Å². The Morgan fingerprint density at radius 3 is 2.67 bits per heavy atom. The quantitative estimate of drug-likeness (QED) is 0.769. The fourth-order valence-electron chi connectivity index (χ4n) is 2.27. The minimum absolute atomic E-state index is 0.00242. The number of aromatic nitrogens is 1. The van der Waals surface area contributed by atoms with Crippen molar-refractivity contribution in [3.8, 4) is 28.9 Å². The van der Waals surface area contributed by atoms with Gasteiger partial charge < -0.3 is 23.7 Å². The summed E-state index contributed by atoms with van der Waals surface area (Å²) < 4.78 is 21.6. The number of hydrogen-bond donors (Lipinski definition) is 1. The Bertz CT molecular complexity index is 920. The fraction of sp³-hybridized carbons (Fsp3) is 0.176. The predicted octanol–water partition coefficient (Wildman–Crippen LogP) is 3.09. The van der Waals surface area contributed by atoms with Gasteiger partial charge in [-0.05, 0) is 19.1 Å². The lowest BCUT2D eigenvalue weighted by Crippen LogP contribution is -2.03. The van der Waals surface area contributed by atoms with E-state index in [-0.39, 0.29) is 34.2 Å². The highest BCUT2D eigenvalue weighted by molar-refractivity contribution is 5.88. The van der Waals surface area contributed by atoms with Crippen molar-refractivity contribution in [1.82, 2.24) is 4.98 Å². The zero-order chi connectivity index (χ0) is 17.1. The second-order valence-corrected chi connectivity index (χ2v) is 4.78. The first kappa shape index (κ1) is 15.7. The summed E-state index contributed by atoms with van der Waals surface area (Å²) in [5.74, 6) is 0.484. The van der Waals surface area contributed by atoms with Gasteiger partial charge in [0.15, 0.2) is 11.5 Å². The number of hydrogen-bond acceptors (Lipinski definition) is 7. The molecule has 24 heavy (non-hydrogen) atoms. The fourth-order valence-corrected chi connectivity index (χ4v) is 2.27. The van der Waals surface area contributed by atoms with Crippen LogP contribution < -0.4 is 19.6 Å². The molecule has 0 radical (unpaired) electrons. The van der Waals surface area contributed by atoms with Gasteiger partial charge in [-0.25, -0.2) is 0 Å². The molecule has 3 aromatic rings. The van der Waals surface area contributed by atoms with Crippen LogP contribution in [0.4, 0.5) is 0 Å². The van der Waals surface area contributed by atoms with E-state index in [1.807, 2.05) is 0 Å². The summed E-state index contributed by atoms with van der Waals surface area (Å²) in [6.07, 6.45) is 3.11. The molecule has 0 saturated heterocycles. The number of benzene rings is 1. The summed E-state index contributed by atoms with van der Waals surface area (Å²) in [4.78, 5) is 16.2. The van der Waals surface area contributed by atoms with Crippen molar-refractivity contribution in [1.29, 1.82) is 0 Å². The van der Waals surface area contributed by atoms with Crippen molar-refractivity contribution in [2.24, 2.45) is 0 Å². The van der Waals surface area contributed by atoms with Crippen molar-refractivity contribution in [3.63, 3.8) is 0 Å². The first-order valence-electron chi connectivity index (χ1n) is 7.22. The molecular weight excluding hydrogens is 314 g/mol. The van der Waals surface area contributed by atoms with Crippen molar-refractivity contribution in [2.75, 3.05) is 13.7 Å². The van der Waals surface area contributed by atoms with Crippen LogP contribution >= 0.6 is 0 Å². The largest absolute Gasteiger partial charge is 0.504 e. The molecule has 1 aromatic carbocycles. The molecule has 0 amide bonds. The molecule has 2 aromatic heterocycles. The Hall–Kier alpha value is -3.22. The number of rotatable bonds is 5. The van der Waals surface area contributed by atoms with Crippen LogP contribution in [0.5, 0.6) is 28.9 Å². The van der Waals surface area contributed by atoms with Crippen LogP contribution in [-0.2, 0) is 0 Å². The van der Waals surface area contributed by atoms with Crippen LogP contribution in [0, 0.1) is 0 Å². The molecule has 0 aliphatic rings. The van der Waals surface area contributed by atoms with E-state index in [1.165, 1.54) is 13.2 Å². The van der Waals surface area contributed by atoms with Gasteiger partial charge in [0.05, 0.1) is 19.8 Å².